The predicted molar refractivity (Wildman–Crippen MR) is 45.3 cm³/mol. The molecule has 0 radical (unpaired) electrons. The van der Waals surface area contributed by atoms with Crippen LogP contribution in [0.3, 0.4) is 0 Å². The first-order chi connectivity index (χ1) is 5.36. The molecular weight excluding hydrogens is 140 g/mol. The lowest BCUT2D eigenvalue weighted by Crippen LogP contribution is -2.39. The molecule has 1 heterocycles. The average molecular weight is 158 g/mol. The zero-order valence-electron chi connectivity index (χ0n) is 7.00. The van der Waals surface area contributed by atoms with E-state index in [2.05, 4.69) is 4.90 Å². The molecule has 3 heteroatoms. The summed E-state index contributed by atoms with van der Waals surface area (Å²) in [6.07, 6.45) is 2.50. The molecule has 1 rings (SSSR count). The lowest BCUT2D eigenvalue weighted by atomic mass is 9.98. The fourth-order valence-corrected chi connectivity index (χ4v) is 1.69. The van der Waals surface area contributed by atoms with E-state index in [0.29, 0.717) is 5.92 Å². The number of rotatable bonds is 3. The monoisotopic (exact) mass is 158 g/mol. The second-order valence-electron chi connectivity index (χ2n) is 3.27. The topological polar surface area (TPSA) is 49.5 Å². The largest absolute Gasteiger partial charge is 0.395 e. The summed E-state index contributed by atoms with van der Waals surface area (Å²) >= 11 is 0. The Labute approximate surface area is 68.2 Å². The first kappa shape index (κ1) is 8.97. The normalized spacial score (nSPS) is 27.3. The van der Waals surface area contributed by atoms with E-state index >= 15 is 0 Å². The van der Waals surface area contributed by atoms with E-state index in [9.17, 15) is 0 Å². The second-order valence-corrected chi connectivity index (χ2v) is 3.27. The van der Waals surface area contributed by atoms with Crippen LogP contribution < -0.4 is 5.73 Å². The Bertz CT molecular complexity index is 106. The van der Waals surface area contributed by atoms with Gasteiger partial charge in [-0.3, -0.25) is 0 Å². The number of β-amino-alcohol motifs (C(OH)–C–C–N with tert-alkyl or cyclic N) is 1. The van der Waals surface area contributed by atoms with Gasteiger partial charge in [0.05, 0.1) is 6.61 Å². The van der Waals surface area contributed by atoms with E-state index in [1.807, 2.05) is 0 Å². The van der Waals surface area contributed by atoms with Gasteiger partial charge in [-0.25, -0.2) is 0 Å². The number of nitrogens with zero attached hydrogens (tertiary/aromatic N) is 1. The fourth-order valence-electron chi connectivity index (χ4n) is 1.69. The molecule has 0 aromatic rings. The van der Waals surface area contributed by atoms with Gasteiger partial charge in [0, 0.05) is 13.1 Å². The molecule has 3 N–H and O–H groups in total. The third-order valence-corrected chi connectivity index (χ3v) is 2.35. The molecule has 0 bridgehead atoms. The van der Waals surface area contributed by atoms with Crippen LogP contribution in [-0.2, 0) is 0 Å². The molecule has 1 saturated heterocycles. The molecule has 1 fully saturated rings. The molecule has 1 aliphatic rings. The first-order valence-electron chi connectivity index (χ1n) is 4.40. The Morgan fingerprint density at radius 3 is 3.00 bits per heavy atom. The molecular formula is C8H18N2O. The van der Waals surface area contributed by atoms with Crippen LogP contribution in [0.5, 0.6) is 0 Å². The molecule has 1 unspecified atom stereocenters. The van der Waals surface area contributed by atoms with Gasteiger partial charge in [-0.2, -0.15) is 0 Å². The van der Waals surface area contributed by atoms with Crippen molar-refractivity contribution in [3.05, 3.63) is 0 Å². The highest BCUT2D eigenvalue weighted by Gasteiger charge is 2.17. The highest BCUT2D eigenvalue weighted by molar-refractivity contribution is 4.72. The number of aliphatic hydroxyl groups is 1. The highest BCUT2D eigenvalue weighted by atomic mass is 16.3. The third-order valence-electron chi connectivity index (χ3n) is 2.35. The molecule has 11 heavy (non-hydrogen) atoms. The summed E-state index contributed by atoms with van der Waals surface area (Å²) < 4.78 is 0. The number of likely N-dealkylation sites (tertiary alicyclic amines) is 1. The summed E-state index contributed by atoms with van der Waals surface area (Å²) in [6, 6.07) is 0. The van der Waals surface area contributed by atoms with Crippen molar-refractivity contribution in [2.75, 3.05) is 32.8 Å². The molecule has 66 valence electrons. The lowest BCUT2D eigenvalue weighted by Gasteiger charge is -2.31. The Morgan fingerprint density at radius 2 is 2.36 bits per heavy atom. The van der Waals surface area contributed by atoms with Crippen molar-refractivity contribution in [3.8, 4) is 0 Å². The van der Waals surface area contributed by atoms with Gasteiger partial charge in [-0.1, -0.05) is 0 Å². The average Bonchev–Trinajstić information content (AvgIpc) is 2.06. The third kappa shape index (κ3) is 2.77. The predicted octanol–water partition coefficient (Wildman–Crippen LogP) is -0.351. The summed E-state index contributed by atoms with van der Waals surface area (Å²) in [4.78, 5) is 2.29. The smallest absolute Gasteiger partial charge is 0.0558 e. The zero-order chi connectivity index (χ0) is 8.10. The summed E-state index contributed by atoms with van der Waals surface area (Å²) in [5.74, 6) is 0.662. The van der Waals surface area contributed by atoms with Gasteiger partial charge >= 0.3 is 0 Å². The molecule has 1 atom stereocenters. The van der Waals surface area contributed by atoms with Crippen LogP contribution in [0.1, 0.15) is 12.8 Å². The molecule has 1 aliphatic heterocycles. The van der Waals surface area contributed by atoms with Crippen LogP contribution in [0.4, 0.5) is 0 Å². The van der Waals surface area contributed by atoms with E-state index < -0.39 is 0 Å². The minimum atomic E-state index is 0.275. The second kappa shape index (κ2) is 4.70. The van der Waals surface area contributed by atoms with Gasteiger partial charge in [0.25, 0.3) is 0 Å². The van der Waals surface area contributed by atoms with Gasteiger partial charge in [0.1, 0.15) is 0 Å². The van der Waals surface area contributed by atoms with Crippen molar-refractivity contribution in [3.63, 3.8) is 0 Å². The number of nitrogens with two attached hydrogens (primary N) is 1. The number of hydrogen-bond donors (Lipinski definition) is 2. The SMILES string of the molecule is NCC1CCCN(CCO)C1. The van der Waals surface area contributed by atoms with Crippen LogP contribution in [0.2, 0.25) is 0 Å². The van der Waals surface area contributed by atoms with Crippen molar-refractivity contribution in [2.24, 2.45) is 11.7 Å². The van der Waals surface area contributed by atoms with Gasteiger partial charge in [-0.05, 0) is 31.8 Å². The quantitative estimate of drug-likeness (QED) is 0.590. The van der Waals surface area contributed by atoms with Gasteiger partial charge < -0.3 is 15.7 Å². The van der Waals surface area contributed by atoms with Crippen LogP contribution in [-0.4, -0.2) is 42.8 Å². The fraction of sp³-hybridized carbons (Fsp3) is 1.00. The van der Waals surface area contributed by atoms with Crippen molar-refractivity contribution in [1.82, 2.24) is 4.90 Å². The van der Waals surface area contributed by atoms with E-state index in [4.69, 9.17) is 10.8 Å². The van der Waals surface area contributed by atoms with E-state index in [1.54, 1.807) is 0 Å². The molecule has 0 aromatic carbocycles. The maximum atomic E-state index is 8.70. The van der Waals surface area contributed by atoms with Crippen molar-refractivity contribution < 1.29 is 5.11 Å². The van der Waals surface area contributed by atoms with E-state index in [1.165, 1.54) is 12.8 Å². The molecule has 0 spiro atoms. The Hall–Kier alpha value is -0.120. The van der Waals surface area contributed by atoms with Crippen LogP contribution in [0.15, 0.2) is 0 Å². The molecule has 0 aliphatic carbocycles. The van der Waals surface area contributed by atoms with Gasteiger partial charge in [0.15, 0.2) is 0 Å². The van der Waals surface area contributed by atoms with Crippen LogP contribution in [0.25, 0.3) is 0 Å². The lowest BCUT2D eigenvalue weighted by molar-refractivity contribution is 0.142. The number of piperidine rings is 1. The summed E-state index contributed by atoms with van der Waals surface area (Å²) in [6.45, 7) is 4.10. The minimum Gasteiger partial charge on any atom is -0.395 e. The number of aliphatic hydroxyl groups excluding tert-OH is 1. The Kier molecular flexibility index (Phi) is 3.83. The van der Waals surface area contributed by atoms with Gasteiger partial charge in [0.2, 0.25) is 0 Å². The minimum absolute atomic E-state index is 0.275. The Morgan fingerprint density at radius 1 is 1.55 bits per heavy atom. The van der Waals surface area contributed by atoms with Crippen LogP contribution in [0, 0.1) is 5.92 Å². The maximum Gasteiger partial charge on any atom is 0.0558 e. The van der Waals surface area contributed by atoms with E-state index in [0.717, 1.165) is 26.2 Å². The molecule has 0 amide bonds. The summed E-state index contributed by atoms with van der Waals surface area (Å²) in [7, 11) is 0. The van der Waals surface area contributed by atoms with E-state index in [-0.39, 0.29) is 6.61 Å². The highest BCUT2D eigenvalue weighted by Crippen LogP contribution is 2.14. The van der Waals surface area contributed by atoms with Crippen molar-refractivity contribution >= 4 is 0 Å². The Balaban J connectivity index is 2.21. The standard InChI is InChI=1S/C8H18N2O/c9-6-8-2-1-3-10(7-8)4-5-11/h8,11H,1-7,9H2. The van der Waals surface area contributed by atoms with Gasteiger partial charge in [-0.15, -0.1) is 0 Å². The van der Waals surface area contributed by atoms with Crippen molar-refractivity contribution in [1.29, 1.82) is 0 Å². The van der Waals surface area contributed by atoms with Crippen molar-refractivity contribution in [2.45, 2.75) is 12.8 Å². The molecule has 3 nitrogen and oxygen atoms in total. The molecule has 0 aromatic heterocycles. The summed E-state index contributed by atoms with van der Waals surface area (Å²) in [5, 5.41) is 8.70. The maximum absolute atomic E-state index is 8.70. The van der Waals surface area contributed by atoms with Crippen LogP contribution >= 0.6 is 0 Å². The molecule has 0 saturated carbocycles. The first-order valence-corrected chi connectivity index (χ1v) is 4.40. The summed E-state index contributed by atoms with van der Waals surface area (Å²) in [5.41, 5.74) is 5.57. The zero-order valence-corrected chi connectivity index (χ0v) is 7.00. The number of hydrogen-bond acceptors (Lipinski definition) is 3.